The monoisotopic (exact) mass is 299 g/mol. The van der Waals surface area contributed by atoms with Crippen molar-refractivity contribution in [1.82, 2.24) is 9.97 Å². The van der Waals surface area contributed by atoms with Crippen LogP contribution in [-0.2, 0) is 11.2 Å². The summed E-state index contributed by atoms with van der Waals surface area (Å²) in [5.74, 6) is 1.67. The number of halogens is 1. The molecule has 0 radical (unpaired) electrons. The highest BCUT2D eigenvalue weighted by molar-refractivity contribution is 9.10. The topological polar surface area (TPSA) is 47.0 Å². The molecule has 0 aliphatic carbocycles. The van der Waals surface area contributed by atoms with Crippen molar-refractivity contribution in [2.75, 3.05) is 19.0 Å². The third-order valence-corrected chi connectivity index (χ3v) is 3.71. The van der Waals surface area contributed by atoms with Gasteiger partial charge in [-0.05, 0) is 35.2 Å². The average Bonchev–Trinajstić information content (AvgIpc) is 2.85. The van der Waals surface area contributed by atoms with Gasteiger partial charge in [-0.25, -0.2) is 9.97 Å². The van der Waals surface area contributed by atoms with Crippen LogP contribution in [0, 0.1) is 0 Å². The first-order valence-electron chi connectivity index (χ1n) is 6.12. The predicted molar refractivity (Wildman–Crippen MR) is 71.2 cm³/mol. The molecule has 5 heteroatoms. The van der Waals surface area contributed by atoms with Crippen molar-refractivity contribution < 1.29 is 4.74 Å². The van der Waals surface area contributed by atoms with Crippen LogP contribution in [0.4, 0.5) is 5.82 Å². The molecule has 2 heterocycles. The molecule has 2 rings (SSSR count). The van der Waals surface area contributed by atoms with Crippen LogP contribution in [0.3, 0.4) is 0 Å². The van der Waals surface area contributed by atoms with E-state index in [1.54, 1.807) is 0 Å². The second-order valence-corrected chi connectivity index (χ2v) is 4.99. The number of ether oxygens (including phenoxy) is 1. The quantitative estimate of drug-likeness (QED) is 0.928. The highest BCUT2D eigenvalue weighted by atomic mass is 79.9. The SMILES string of the molecule is CCCc1nc(C2CCCO2)nc(NC)c1Br. The fourth-order valence-electron chi connectivity index (χ4n) is 2.01. The van der Waals surface area contributed by atoms with E-state index in [0.29, 0.717) is 0 Å². The van der Waals surface area contributed by atoms with Crippen LogP contribution >= 0.6 is 15.9 Å². The Morgan fingerprint density at radius 2 is 2.29 bits per heavy atom. The van der Waals surface area contributed by atoms with E-state index in [-0.39, 0.29) is 6.10 Å². The summed E-state index contributed by atoms with van der Waals surface area (Å²) in [6, 6.07) is 0. The van der Waals surface area contributed by atoms with E-state index >= 15 is 0 Å². The molecule has 0 aromatic carbocycles. The zero-order valence-electron chi connectivity index (χ0n) is 10.3. The predicted octanol–water partition coefficient (Wildman–Crippen LogP) is 3.08. The van der Waals surface area contributed by atoms with Crippen LogP contribution in [0.25, 0.3) is 0 Å². The summed E-state index contributed by atoms with van der Waals surface area (Å²) in [5.41, 5.74) is 1.07. The summed E-state index contributed by atoms with van der Waals surface area (Å²) in [6.45, 7) is 2.97. The smallest absolute Gasteiger partial charge is 0.159 e. The van der Waals surface area contributed by atoms with Gasteiger partial charge in [0.15, 0.2) is 5.82 Å². The first-order chi connectivity index (χ1) is 8.26. The molecule has 1 fully saturated rings. The van der Waals surface area contributed by atoms with E-state index in [2.05, 4.69) is 38.1 Å². The zero-order valence-corrected chi connectivity index (χ0v) is 11.9. The molecule has 94 valence electrons. The van der Waals surface area contributed by atoms with Crippen molar-refractivity contribution in [1.29, 1.82) is 0 Å². The van der Waals surface area contributed by atoms with Gasteiger partial charge in [0.05, 0.1) is 10.2 Å². The van der Waals surface area contributed by atoms with Crippen LogP contribution in [0.5, 0.6) is 0 Å². The van der Waals surface area contributed by atoms with Gasteiger partial charge in [0, 0.05) is 13.7 Å². The van der Waals surface area contributed by atoms with Crippen LogP contribution in [-0.4, -0.2) is 23.6 Å². The fraction of sp³-hybridized carbons (Fsp3) is 0.667. The minimum atomic E-state index is 0.0748. The summed E-state index contributed by atoms with van der Waals surface area (Å²) in [5, 5.41) is 3.10. The molecule has 1 aromatic rings. The number of hydrogen-bond acceptors (Lipinski definition) is 4. The van der Waals surface area contributed by atoms with E-state index in [0.717, 1.165) is 54.1 Å². The van der Waals surface area contributed by atoms with Gasteiger partial charge in [0.2, 0.25) is 0 Å². The maximum Gasteiger partial charge on any atom is 0.159 e. The summed E-state index contributed by atoms with van der Waals surface area (Å²) >= 11 is 3.56. The Morgan fingerprint density at radius 1 is 1.47 bits per heavy atom. The van der Waals surface area contributed by atoms with E-state index in [9.17, 15) is 0 Å². The molecule has 0 amide bonds. The van der Waals surface area contributed by atoms with Gasteiger partial charge in [-0.3, -0.25) is 0 Å². The van der Waals surface area contributed by atoms with E-state index < -0.39 is 0 Å². The zero-order chi connectivity index (χ0) is 12.3. The number of aryl methyl sites for hydroxylation is 1. The van der Waals surface area contributed by atoms with Gasteiger partial charge in [-0.1, -0.05) is 13.3 Å². The van der Waals surface area contributed by atoms with Gasteiger partial charge in [0.25, 0.3) is 0 Å². The Balaban J connectivity index is 2.35. The number of aromatic nitrogens is 2. The normalized spacial score (nSPS) is 19.6. The Labute approximate surface area is 110 Å². The van der Waals surface area contributed by atoms with Crippen molar-refractivity contribution in [3.05, 3.63) is 16.0 Å². The lowest BCUT2D eigenvalue weighted by atomic mass is 10.2. The van der Waals surface area contributed by atoms with E-state index in [4.69, 9.17) is 4.74 Å². The third-order valence-electron chi connectivity index (χ3n) is 2.88. The highest BCUT2D eigenvalue weighted by Gasteiger charge is 2.22. The number of anilines is 1. The molecule has 0 bridgehead atoms. The number of rotatable bonds is 4. The van der Waals surface area contributed by atoms with Crippen LogP contribution in [0.1, 0.15) is 43.8 Å². The lowest BCUT2D eigenvalue weighted by Crippen LogP contribution is -2.09. The summed E-state index contributed by atoms with van der Waals surface area (Å²) < 4.78 is 6.62. The van der Waals surface area contributed by atoms with Gasteiger partial charge in [-0.2, -0.15) is 0 Å². The number of hydrogen-bond donors (Lipinski definition) is 1. The molecule has 0 spiro atoms. The Morgan fingerprint density at radius 3 is 2.88 bits per heavy atom. The molecule has 1 saturated heterocycles. The summed E-state index contributed by atoms with van der Waals surface area (Å²) in [7, 11) is 1.88. The van der Waals surface area contributed by atoms with Crippen molar-refractivity contribution in [2.45, 2.75) is 38.7 Å². The van der Waals surface area contributed by atoms with E-state index in [1.165, 1.54) is 0 Å². The number of nitrogens with one attached hydrogen (secondary N) is 1. The lowest BCUT2D eigenvalue weighted by molar-refractivity contribution is 0.105. The lowest BCUT2D eigenvalue weighted by Gasteiger charge is -2.13. The second kappa shape index (κ2) is 5.78. The summed E-state index contributed by atoms with van der Waals surface area (Å²) in [4.78, 5) is 9.15. The average molecular weight is 300 g/mol. The molecule has 1 aromatic heterocycles. The maximum atomic E-state index is 5.64. The number of nitrogens with zero attached hydrogens (tertiary/aromatic N) is 2. The molecular weight excluding hydrogens is 282 g/mol. The molecule has 4 nitrogen and oxygen atoms in total. The summed E-state index contributed by atoms with van der Waals surface area (Å²) in [6.07, 6.45) is 4.23. The molecule has 1 aliphatic rings. The van der Waals surface area contributed by atoms with Gasteiger partial charge in [0.1, 0.15) is 11.9 Å². The van der Waals surface area contributed by atoms with Gasteiger partial charge < -0.3 is 10.1 Å². The molecule has 1 N–H and O–H groups in total. The molecular formula is C12H18BrN3O. The van der Waals surface area contributed by atoms with Crippen LogP contribution < -0.4 is 5.32 Å². The molecule has 17 heavy (non-hydrogen) atoms. The molecule has 0 saturated carbocycles. The fourth-order valence-corrected chi connectivity index (χ4v) is 2.58. The van der Waals surface area contributed by atoms with Crippen LogP contribution in [0.2, 0.25) is 0 Å². The molecule has 1 aliphatic heterocycles. The minimum absolute atomic E-state index is 0.0748. The van der Waals surface area contributed by atoms with Crippen molar-refractivity contribution in [2.24, 2.45) is 0 Å². The Bertz CT molecular complexity index is 392. The third kappa shape index (κ3) is 2.77. The van der Waals surface area contributed by atoms with Crippen molar-refractivity contribution in [3.63, 3.8) is 0 Å². The highest BCUT2D eigenvalue weighted by Crippen LogP contribution is 2.30. The second-order valence-electron chi connectivity index (χ2n) is 4.19. The van der Waals surface area contributed by atoms with Gasteiger partial charge in [-0.15, -0.1) is 0 Å². The largest absolute Gasteiger partial charge is 0.372 e. The van der Waals surface area contributed by atoms with Crippen molar-refractivity contribution in [3.8, 4) is 0 Å². The maximum absolute atomic E-state index is 5.64. The standard InChI is InChI=1S/C12H18BrN3O/c1-3-5-8-10(13)12(14-2)16-11(15-8)9-6-4-7-17-9/h9H,3-7H2,1-2H3,(H,14,15,16). The molecule has 1 atom stereocenters. The Kier molecular flexibility index (Phi) is 4.34. The Hall–Kier alpha value is -0.680. The minimum Gasteiger partial charge on any atom is -0.372 e. The van der Waals surface area contributed by atoms with E-state index in [1.807, 2.05) is 7.05 Å². The van der Waals surface area contributed by atoms with Crippen molar-refractivity contribution >= 4 is 21.7 Å². The first kappa shape index (κ1) is 12.8. The molecule has 1 unspecified atom stereocenters. The first-order valence-corrected chi connectivity index (χ1v) is 6.91. The van der Waals surface area contributed by atoms with Crippen LogP contribution in [0.15, 0.2) is 4.47 Å². The van der Waals surface area contributed by atoms with Gasteiger partial charge >= 0.3 is 0 Å².